The number of nitrogens with zero attached hydrogens (tertiary/aromatic N) is 4. The standard InChI is InChI=1S/C43H49F2N9O6S/c1-25-24-47-42(51-38(25)48-29-9-12-33(44)35(23-29)52-61(59,60)43(2,3)4)49-28-8-10-30(34(45)22-28)26-15-19-53(20-16-26)18-6-5-17-46-27-7-11-31-32(21-27)41(58)54(40(31)57)36-13-14-37(55)50-39(36)56/h7-12,21-24,26,36,46,52H,5-6,13-20H2,1-4H3,(H,50,55,56)(H2,47,48,49,51). The summed E-state index contributed by atoms with van der Waals surface area (Å²) in [5.74, 6) is -2.50. The Morgan fingerprint density at radius 2 is 1.54 bits per heavy atom. The van der Waals surface area contributed by atoms with Crippen LogP contribution in [-0.2, 0) is 19.6 Å². The zero-order valence-corrected chi connectivity index (χ0v) is 35.2. The van der Waals surface area contributed by atoms with E-state index < -0.39 is 50.3 Å². The van der Waals surface area contributed by atoms with Crippen molar-refractivity contribution >= 4 is 68.2 Å². The van der Waals surface area contributed by atoms with Crippen LogP contribution >= 0.6 is 0 Å². The van der Waals surface area contributed by atoms with E-state index >= 15 is 4.39 Å². The molecule has 7 rings (SSSR count). The molecule has 18 heteroatoms. The molecule has 4 amide bonds. The predicted octanol–water partition coefficient (Wildman–Crippen LogP) is 6.56. The Bertz CT molecular complexity index is 2490. The number of benzene rings is 3. The minimum atomic E-state index is -3.86. The summed E-state index contributed by atoms with van der Waals surface area (Å²) in [6, 6.07) is 13.0. The van der Waals surface area contributed by atoms with Gasteiger partial charge in [0.25, 0.3) is 11.8 Å². The van der Waals surface area contributed by atoms with Gasteiger partial charge >= 0.3 is 0 Å². The molecule has 3 aliphatic rings. The number of halogens is 2. The van der Waals surface area contributed by atoms with E-state index in [9.17, 15) is 32.0 Å². The van der Waals surface area contributed by atoms with Crippen LogP contribution in [0.2, 0.25) is 0 Å². The molecule has 2 fully saturated rings. The van der Waals surface area contributed by atoms with Gasteiger partial charge in [0.1, 0.15) is 23.5 Å². The Morgan fingerprint density at radius 3 is 2.26 bits per heavy atom. The lowest BCUT2D eigenvalue weighted by Gasteiger charge is -2.32. The number of hydrogen-bond donors (Lipinski definition) is 5. The molecule has 3 aromatic carbocycles. The molecule has 5 N–H and O–H groups in total. The first-order valence-corrected chi connectivity index (χ1v) is 21.8. The van der Waals surface area contributed by atoms with Crippen LogP contribution in [0.1, 0.15) is 97.1 Å². The van der Waals surface area contributed by atoms with Gasteiger partial charge in [-0.1, -0.05) is 6.07 Å². The van der Waals surface area contributed by atoms with Crippen LogP contribution in [-0.4, -0.2) is 88.8 Å². The summed E-state index contributed by atoms with van der Waals surface area (Å²) in [6.07, 6.45) is 5.19. The second-order valence-corrected chi connectivity index (χ2v) is 19.0. The molecule has 4 heterocycles. The monoisotopic (exact) mass is 857 g/mol. The number of rotatable bonds is 14. The van der Waals surface area contributed by atoms with Crippen molar-refractivity contribution < 1.29 is 36.4 Å². The molecule has 0 aliphatic carbocycles. The maximum Gasteiger partial charge on any atom is 0.262 e. The van der Waals surface area contributed by atoms with E-state index in [1.165, 1.54) is 39.0 Å². The molecule has 15 nitrogen and oxygen atoms in total. The molecule has 0 radical (unpaired) electrons. The van der Waals surface area contributed by atoms with Crippen molar-refractivity contribution in [2.75, 3.05) is 46.9 Å². The number of likely N-dealkylation sites (tertiary alicyclic amines) is 1. The molecular weight excluding hydrogens is 809 g/mol. The summed E-state index contributed by atoms with van der Waals surface area (Å²) in [5.41, 5.74) is 3.17. The summed E-state index contributed by atoms with van der Waals surface area (Å²) >= 11 is 0. The molecule has 1 unspecified atom stereocenters. The number of nitrogens with one attached hydrogen (secondary N) is 5. The SMILES string of the molecule is Cc1cnc(Nc2ccc(C3CCN(CCCCNc4ccc5c(c4)C(=O)N(C4CCC(=O)NC4=O)C5=O)CC3)c(F)c2)nc1Nc1ccc(F)c(NS(=O)(=O)C(C)(C)C)c1. The lowest BCUT2D eigenvalue weighted by molar-refractivity contribution is -0.136. The maximum absolute atomic E-state index is 15.5. The normalized spacial score (nSPS) is 17.6. The summed E-state index contributed by atoms with van der Waals surface area (Å²) in [6.45, 7) is 9.57. The smallest absolute Gasteiger partial charge is 0.262 e. The van der Waals surface area contributed by atoms with Crippen LogP contribution in [0.4, 0.5) is 43.3 Å². The highest BCUT2D eigenvalue weighted by atomic mass is 32.2. The number of aromatic nitrogens is 2. The zero-order chi connectivity index (χ0) is 43.6. The van der Waals surface area contributed by atoms with Gasteiger partial charge in [-0.3, -0.25) is 34.1 Å². The van der Waals surface area contributed by atoms with Crippen LogP contribution in [0, 0.1) is 18.6 Å². The van der Waals surface area contributed by atoms with Crippen molar-refractivity contribution in [2.24, 2.45) is 0 Å². The third kappa shape index (κ3) is 9.65. The van der Waals surface area contributed by atoms with Crippen molar-refractivity contribution in [3.8, 4) is 0 Å². The topological polar surface area (TPSA) is 195 Å². The van der Waals surface area contributed by atoms with Gasteiger partial charge < -0.3 is 20.9 Å². The number of carbonyl (C=O) groups is 4. The zero-order valence-electron chi connectivity index (χ0n) is 34.4. The number of carbonyl (C=O) groups excluding carboxylic acids is 4. The molecule has 0 bridgehead atoms. The minimum Gasteiger partial charge on any atom is -0.385 e. The van der Waals surface area contributed by atoms with Crippen LogP contribution < -0.4 is 26.0 Å². The van der Waals surface area contributed by atoms with Gasteiger partial charge in [-0.05, 0) is 139 Å². The third-order valence-electron chi connectivity index (χ3n) is 11.2. The Kier molecular flexibility index (Phi) is 12.4. The maximum atomic E-state index is 15.5. The third-order valence-corrected chi connectivity index (χ3v) is 13.3. The van der Waals surface area contributed by atoms with Crippen molar-refractivity contribution in [2.45, 2.75) is 82.9 Å². The fourth-order valence-electron chi connectivity index (χ4n) is 7.55. The fraction of sp³-hybridized carbons (Fsp3) is 0.395. The van der Waals surface area contributed by atoms with Crippen LogP contribution in [0.3, 0.4) is 0 Å². The van der Waals surface area contributed by atoms with E-state index in [0.717, 1.165) is 56.3 Å². The molecule has 0 saturated carbocycles. The Balaban J connectivity index is 0.860. The quantitative estimate of drug-likeness (QED) is 0.0678. The first-order valence-electron chi connectivity index (χ1n) is 20.3. The Hall–Kier alpha value is -6.01. The van der Waals surface area contributed by atoms with Gasteiger partial charge in [0.15, 0.2) is 0 Å². The van der Waals surface area contributed by atoms with E-state index in [0.29, 0.717) is 40.6 Å². The molecule has 322 valence electrons. The number of fused-ring (bicyclic) bond motifs is 1. The molecule has 1 atom stereocenters. The lowest BCUT2D eigenvalue weighted by Crippen LogP contribution is -2.54. The van der Waals surface area contributed by atoms with E-state index in [-0.39, 0.29) is 47.3 Å². The van der Waals surface area contributed by atoms with Gasteiger partial charge in [0, 0.05) is 41.8 Å². The second kappa shape index (κ2) is 17.5. The first kappa shape index (κ1) is 43.1. The fourth-order valence-corrected chi connectivity index (χ4v) is 8.30. The van der Waals surface area contributed by atoms with Gasteiger partial charge in [-0.25, -0.2) is 22.2 Å². The molecule has 61 heavy (non-hydrogen) atoms. The lowest BCUT2D eigenvalue weighted by atomic mass is 9.89. The van der Waals surface area contributed by atoms with E-state index in [1.54, 1.807) is 43.5 Å². The number of amides is 4. The van der Waals surface area contributed by atoms with E-state index in [2.05, 4.69) is 40.9 Å². The number of sulfonamides is 1. The summed E-state index contributed by atoms with van der Waals surface area (Å²) < 4.78 is 56.6. The molecule has 0 spiro atoms. The van der Waals surface area contributed by atoms with Crippen LogP contribution in [0.15, 0.2) is 60.8 Å². The number of aryl methyl sites for hydroxylation is 1. The molecule has 3 aliphatic heterocycles. The van der Waals surface area contributed by atoms with Crippen molar-refractivity contribution in [3.63, 3.8) is 0 Å². The number of anilines is 6. The van der Waals surface area contributed by atoms with E-state index in [4.69, 9.17) is 0 Å². The van der Waals surface area contributed by atoms with Crippen molar-refractivity contribution in [3.05, 3.63) is 94.7 Å². The molecule has 2 saturated heterocycles. The summed E-state index contributed by atoms with van der Waals surface area (Å²) in [5, 5.41) is 11.7. The Morgan fingerprint density at radius 1 is 0.836 bits per heavy atom. The molecule has 4 aromatic rings. The number of imide groups is 2. The largest absolute Gasteiger partial charge is 0.385 e. The number of piperidine rings is 2. The average molecular weight is 858 g/mol. The van der Waals surface area contributed by atoms with Gasteiger partial charge in [0.2, 0.25) is 27.8 Å². The van der Waals surface area contributed by atoms with Crippen molar-refractivity contribution in [1.29, 1.82) is 0 Å². The average Bonchev–Trinajstić information content (AvgIpc) is 3.45. The highest BCUT2D eigenvalue weighted by molar-refractivity contribution is 7.94. The minimum absolute atomic E-state index is 0.0655. The molecular formula is C43H49F2N9O6S. The van der Waals surface area contributed by atoms with Crippen LogP contribution in [0.25, 0.3) is 0 Å². The van der Waals surface area contributed by atoms with E-state index in [1.807, 2.05) is 0 Å². The van der Waals surface area contributed by atoms with Crippen LogP contribution in [0.5, 0.6) is 0 Å². The first-order chi connectivity index (χ1) is 29.0. The van der Waals surface area contributed by atoms with Gasteiger partial charge in [-0.2, -0.15) is 4.98 Å². The van der Waals surface area contributed by atoms with Gasteiger partial charge in [0.05, 0.1) is 21.6 Å². The Labute approximate surface area is 353 Å². The number of unbranched alkanes of at least 4 members (excludes halogenated alkanes) is 1. The summed E-state index contributed by atoms with van der Waals surface area (Å²) in [7, 11) is -3.86. The molecule has 1 aromatic heterocycles. The predicted molar refractivity (Wildman–Crippen MR) is 228 cm³/mol. The second-order valence-electron chi connectivity index (χ2n) is 16.6. The highest BCUT2D eigenvalue weighted by Crippen LogP contribution is 2.33. The highest BCUT2D eigenvalue weighted by Gasteiger charge is 2.44. The number of hydrogen-bond acceptors (Lipinski definition) is 12. The van der Waals surface area contributed by atoms with Crippen molar-refractivity contribution in [1.82, 2.24) is 25.1 Å². The van der Waals surface area contributed by atoms with Gasteiger partial charge in [-0.15, -0.1) is 0 Å². The summed E-state index contributed by atoms with van der Waals surface area (Å²) in [4.78, 5) is 62.2.